The zero-order valence-corrected chi connectivity index (χ0v) is 33.5. The molecule has 0 N–H and O–H groups in total. The molecule has 5 aromatic rings. The third kappa shape index (κ3) is 7.92. The standard InChI is InChI=1S/C41H49ClFN3O2SSi/c1-26(2)50(27(3)4,28(5)6)18-17-34-35(43)16-13-30-19-33(48-25-47-10)20-31(38(30)34)22-46-24-44-39-36(21-37(42)45-40(39)46)49-23-29-11-14-32(15-12-29)41(7,8)9/h11-16,19-21,24,26-28H,22-23,25H2,1-10H3. The summed E-state index contributed by atoms with van der Waals surface area (Å²) in [6.07, 6.45) is 1.78. The Hall–Kier alpha value is -3.35. The van der Waals surface area contributed by atoms with Gasteiger partial charge in [0.1, 0.15) is 30.3 Å². The van der Waals surface area contributed by atoms with Crippen LogP contribution in [0.3, 0.4) is 0 Å². The van der Waals surface area contributed by atoms with Gasteiger partial charge in [0.25, 0.3) is 0 Å². The predicted molar refractivity (Wildman–Crippen MR) is 211 cm³/mol. The number of aromatic nitrogens is 3. The van der Waals surface area contributed by atoms with Gasteiger partial charge in [-0.25, -0.2) is 14.4 Å². The minimum atomic E-state index is -2.13. The van der Waals surface area contributed by atoms with Crippen LogP contribution in [0.25, 0.3) is 21.9 Å². The van der Waals surface area contributed by atoms with Crippen LogP contribution in [-0.2, 0) is 22.4 Å². The Morgan fingerprint density at radius 1 is 0.960 bits per heavy atom. The molecule has 0 aliphatic carbocycles. The number of imidazole rings is 1. The SMILES string of the molecule is COCOc1cc(Cn2cnc3c(SCc4ccc(C(C)(C)C)cc4)cc(Cl)nc32)c2c(C#C[Si](C(C)C)(C(C)C)C(C)C)c(F)ccc2c1. The van der Waals surface area contributed by atoms with E-state index in [1.807, 2.05) is 22.8 Å². The highest BCUT2D eigenvalue weighted by atomic mass is 35.5. The molecule has 0 bridgehead atoms. The van der Waals surface area contributed by atoms with Gasteiger partial charge in [-0.05, 0) is 68.4 Å². The first-order chi connectivity index (χ1) is 23.6. The summed E-state index contributed by atoms with van der Waals surface area (Å²) >= 11 is 8.31. The van der Waals surface area contributed by atoms with Crippen LogP contribution in [-0.4, -0.2) is 36.5 Å². The van der Waals surface area contributed by atoms with E-state index in [-0.39, 0.29) is 18.0 Å². The molecule has 5 nitrogen and oxygen atoms in total. The summed E-state index contributed by atoms with van der Waals surface area (Å²) in [6.45, 7) is 20.7. The van der Waals surface area contributed by atoms with Gasteiger partial charge in [-0.1, -0.05) is 110 Å². The Bertz CT molecular complexity index is 2020. The number of halogens is 2. The molecule has 264 valence electrons. The average molecular weight is 730 g/mol. The van der Waals surface area contributed by atoms with Crippen LogP contribution >= 0.6 is 23.4 Å². The van der Waals surface area contributed by atoms with Crippen molar-refractivity contribution in [2.24, 2.45) is 0 Å². The highest BCUT2D eigenvalue weighted by molar-refractivity contribution is 7.98. The van der Waals surface area contributed by atoms with Crippen molar-refractivity contribution in [2.75, 3.05) is 13.9 Å². The number of rotatable bonds is 11. The molecule has 2 aromatic heterocycles. The highest BCUT2D eigenvalue weighted by Crippen LogP contribution is 2.41. The molecule has 0 fully saturated rings. The van der Waals surface area contributed by atoms with Gasteiger partial charge in [0.15, 0.2) is 12.4 Å². The van der Waals surface area contributed by atoms with E-state index in [0.29, 0.717) is 45.3 Å². The van der Waals surface area contributed by atoms with Crippen molar-refractivity contribution < 1.29 is 13.9 Å². The van der Waals surface area contributed by atoms with Crippen molar-refractivity contribution in [3.8, 4) is 17.2 Å². The van der Waals surface area contributed by atoms with E-state index < -0.39 is 8.07 Å². The van der Waals surface area contributed by atoms with E-state index >= 15 is 4.39 Å². The third-order valence-corrected chi connectivity index (χ3v) is 17.4. The lowest BCUT2D eigenvalue weighted by atomic mass is 9.87. The maximum Gasteiger partial charge on any atom is 0.188 e. The molecule has 0 atom stereocenters. The maximum atomic E-state index is 15.9. The quantitative estimate of drug-likeness (QED) is 0.0445. The summed E-state index contributed by atoms with van der Waals surface area (Å²) in [4.78, 5) is 10.5. The van der Waals surface area contributed by atoms with E-state index in [1.165, 1.54) is 17.2 Å². The molecule has 0 spiro atoms. The van der Waals surface area contributed by atoms with Crippen LogP contribution in [0, 0.1) is 17.3 Å². The Labute approximate surface area is 307 Å². The first kappa shape index (κ1) is 37.9. The second kappa shape index (κ2) is 15.5. The van der Waals surface area contributed by atoms with Crippen molar-refractivity contribution in [1.29, 1.82) is 0 Å². The number of methoxy groups -OCH3 is 1. The fourth-order valence-corrected chi connectivity index (χ4v) is 13.7. The lowest BCUT2D eigenvalue weighted by molar-refractivity contribution is 0.0512. The molecule has 5 rings (SSSR count). The van der Waals surface area contributed by atoms with Crippen molar-refractivity contribution in [3.63, 3.8) is 0 Å². The Morgan fingerprint density at radius 2 is 1.64 bits per heavy atom. The molecule has 0 aliphatic rings. The predicted octanol–water partition coefficient (Wildman–Crippen LogP) is 11.6. The van der Waals surface area contributed by atoms with E-state index in [1.54, 1.807) is 31.3 Å². The fourth-order valence-electron chi connectivity index (χ4n) is 7.21. The molecule has 0 aliphatic heterocycles. The molecule has 0 amide bonds. The summed E-state index contributed by atoms with van der Waals surface area (Å²) < 4.78 is 29.0. The first-order valence-electron chi connectivity index (χ1n) is 17.3. The number of fused-ring (bicyclic) bond motifs is 2. The normalized spacial score (nSPS) is 12.4. The van der Waals surface area contributed by atoms with Gasteiger partial charge in [-0.3, -0.25) is 0 Å². The molecule has 9 heteroatoms. The Kier molecular flexibility index (Phi) is 11.7. The van der Waals surface area contributed by atoms with Crippen LogP contribution in [0.4, 0.5) is 4.39 Å². The zero-order chi connectivity index (χ0) is 36.4. The number of nitrogens with zero attached hydrogens (tertiary/aromatic N) is 3. The van der Waals surface area contributed by atoms with Crippen LogP contribution in [0.1, 0.15) is 84.6 Å². The minimum absolute atomic E-state index is 0.0920. The van der Waals surface area contributed by atoms with Crippen molar-refractivity contribution >= 4 is 53.4 Å². The van der Waals surface area contributed by atoms with Crippen molar-refractivity contribution in [2.45, 2.75) is 102 Å². The van der Waals surface area contributed by atoms with Crippen LogP contribution in [0.5, 0.6) is 5.75 Å². The number of benzene rings is 3. The Balaban J connectivity index is 1.59. The second-order valence-electron chi connectivity index (χ2n) is 15.0. The molecule has 50 heavy (non-hydrogen) atoms. The molecule has 2 heterocycles. The summed E-state index contributed by atoms with van der Waals surface area (Å²) in [7, 11) is -0.548. The molecule has 0 saturated carbocycles. The largest absolute Gasteiger partial charge is 0.468 e. The molecule has 3 aromatic carbocycles. The Morgan fingerprint density at radius 3 is 2.26 bits per heavy atom. The molecular weight excluding hydrogens is 681 g/mol. The summed E-state index contributed by atoms with van der Waals surface area (Å²) in [5, 5.41) is 2.00. The molecule has 0 saturated heterocycles. The third-order valence-electron chi connectivity index (χ3n) is 9.80. The van der Waals surface area contributed by atoms with Gasteiger partial charge < -0.3 is 14.0 Å². The summed E-state index contributed by atoms with van der Waals surface area (Å²) in [5.41, 5.74) is 10.3. The lowest BCUT2D eigenvalue weighted by Crippen LogP contribution is -2.43. The fraction of sp³-hybridized carbons (Fsp3) is 0.415. The zero-order valence-electron chi connectivity index (χ0n) is 30.9. The van der Waals surface area contributed by atoms with Gasteiger partial charge in [0.2, 0.25) is 0 Å². The smallest absolute Gasteiger partial charge is 0.188 e. The summed E-state index contributed by atoms with van der Waals surface area (Å²) in [5.74, 6) is 4.49. The number of thioether (sulfide) groups is 1. The highest BCUT2D eigenvalue weighted by Gasteiger charge is 2.41. The average Bonchev–Trinajstić information content (AvgIpc) is 3.45. The van der Waals surface area contributed by atoms with E-state index in [2.05, 4.69) is 98.0 Å². The van der Waals surface area contributed by atoms with Gasteiger partial charge >= 0.3 is 0 Å². The molecule has 0 unspecified atom stereocenters. The molecular formula is C41H49ClFN3O2SSi. The number of ether oxygens (including phenoxy) is 2. The van der Waals surface area contributed by atoms with E-state index in [9.17, 15) is 0 Å². The molecule has 0 radical (unpaired) electrons. The maximum absolute atomic E-state index is 15.9. The van der Waals surface area contributed by atoms with E-state index in [0.717, 1.165) is 32.5 Å². The number of hydrogen-bond donors (Lipinski definition) is 0. The minimum Gasteiger partial charge on any atom is -0.468 e. The first-order valence-corrected chi connectivity index (χ1v) is 20.9. The van der Waals surface area contributed by atoms with Crippen molar-refractivity contribution in [1.82, 2.24) is 14.5 Å². The second-order valence-corrected chi connectivity index (χ2v) is 22.0. The monoisotopic (exact) mass is 729 g/mol. The number of pyridine rings is 1. The topological polar surface area (TPSA) is 49.2 Å². The summed E-state index contributed by atoms with van der Waals surface area (Å²) in [6, 6.07) is 17.8. The van der Waals surface area contributed by atoms with Gasteiger partial charge in [-0.15, -0.1) is 17.3 Å². The van der Waals surface area contributed by atoms with Crippen LogP contribution in [0.2, 0.25) is 21.8 Å². The van der Waals surface area contributed by atoms with Gasteiger partial charge in [0, 0.05) is 23.1 Å². The van der Waals surface area contributed by atoms with Crippen molar-refractivity contribution in [3.05, 3.63) is 94.1 Å². The number of hydrogen-bond acceptors (Lipinski definition) is 5. The van der Waals surface area contributed by atoms with E-state index in [4.69, 9.17) is 31.0 Å². The van der Waals surface area contributed by atoms with Gasteiger partial charge in [-0.2, -0.15) is 0 Å². The van der Waals surface area contributed by atoms with Crippen LogP contribution in [0.15, 0.2) is 65.8 Å². The lowest BCUT2D eigenvalue weighted by Gasteiger charge is -2.38. The van der Waals surface area contributed by atoms with Gasteiger partial charge in [0.05, 0.1) is 18.4 Å². The van der Waals surface area contributed by atoms with Crippen LogP contribution < -0.4 is 4.74 Å².